The van der Waals surface area contributed by atoms with E-state index in [2.05, 4.69) is 6.92 Å². The van der Waals surface area contributed by atoms with Crippen LogP contribution >= 0.6 is 0 Å². The molecule has 2 N–H and O–H groups in total. The van der Waals surface area contributed by atoms with Gasteiger partial charge in [0, 0.05) is 0 Å². The Labute approximate surface area is 135 Å². The highest BCUT2D eigenvalue weighted by Crippen LogP contribution is 2.18. The van der Waals surface area contributed by atoms with Crippen LogP contribution < -0.4 is 0 Å². The Morgan fingerprint density at radius 2 is 1.74 bits per heavy atom. The Morgan fingerprint density at radius 1 is 1.09 bits per heavy atom. The molecule has 1 aromatic carbocycles. The summed E-state index contributed by atoms with van der Waals surface area (Å²) in [5.74, 6) is -3.45. The van der Waals surface area contributed by atoms with Gasteiger partial charge in [-0.25, -0.2) is 14.4 Å². The zero-order valence-electron chi connectivity index (χ0n) is 13.4. The summed E-state index contributed by atoms with van der Waals surface area (Å²) in [4.78, 5) is 34.6. The monoisotopic (exact) mass is 322 g/mol. The van der Waals surface area contributed by atoms with Crippen molar-refractivity contribution in [3.8, 4) is 0 Å². The Hall–Kier alpha value is -2.37. The van der Waals surface area contributed by atoms with E-state index < -0.39 is 29.0 Å². The first-order valence-corrected chi connectivity index (χ1v) is 7.69. The number of rotatable bonds is 9. The molecular formula is C17H22O6. The van der Waals surface area contributed by atoms with Crippen molar-refractivity contribution >= 4 is 17.9 Å². The van der Waals surface area contributed by atoms with Crippen molar-refractivity contribution in [3.05, 3.63) is 34.9 Å². The number of carboxylic acids is 2. The highest BCUT2D eigenvalue weighted by atomic mass is 16.5. The fourth-order valence-corrected chi connectivity index (χ4v) is 2.30. The third-order valence-corrected chi connectivity index (χ3v) is 3.72. The molecule has 1 unspecified atom stereocenters. The van der Waals surface area contributed by atoms with Crippen molar-refractivity contribution in [2.45, 2.75) is 39.5 Å². The first-order chi connectivity index (χ1) is 10.9. The lowest BCUT2D eigenvalue weighted by molar-refractivity contribution is 0.0420. The van der Waals surface area contributed by atoms with Crippen LogP contribution in [0.3, 0.4) is 0 Å². The van der Waals surface area contributed by atoms with Crippen LogP contribution in [0.2, 0.25) is 0 Å². The lowest BCUT2D eigenvalue weighted by atomic mass is 9.99. The van der Waals surface area contributed by atoms with Crippen LogP contribution in [0, 0.1) is 5.92 Å². The molecule has 0 bridgehead atoms. The highest BCUT2D eigenvalue weighted by Gasteiger charge is 2.25. The number of carbonyl (C=O) groups is 3. The first-order valence-electron chi connectivity index (χ1n) is 7.69. The quantitative estimate of drug-likeness (QED) is 0.675. The summed E-state index contributed by atoms with van der Waals surface area (Å²) in [6, 6.07) is 3.75. The maximum Gasteiger partial charge on any atom is 0.339 e. The van der Waals surface area contributed by atoms with Crippen LogP contribution in [0.5, 0.6) is 0 Å². The second-order valence-corrected chi connectivity index (χ2v) is 5.35. The van der Waals surface area contributed by atoms with Gasteiger partial charge in [0.05, 0.1) is 23.3 Å². The van der Waals surface area contributed by atoms with Gasteiger partial charge in [0.1, 0.15) is 0 Å². The third kappa shape index (κ3) is 5.09. The van der Waals surface area contributed by atoms with E-state index in [-0.39, 0.29) is 18.1 Å². The smallest absolute Gasteiger partial charge is 0.339 e. The zero-order chi connectivity index (χ0) is 17.4. The van der Waals surface area contributed by atoms with Crippen molar-refractivity contribution in [1.82, 2.24) is 0 Å². The van der Waals surface area contributed by atoms with Gasteiger partial charge in [0.2, 0.25) is 0 Å². The van der Waals surface area contributed by atoms with E-state index in [1.165, 1.54) is 12.1 Å². The minimum absolute atomic E-state index is 0.200. The van der Waals surface area contributed by atoms with Gasteiger partial charge in [-0.3, -0.25) is 0 Å². The summed E-state index contributed by atoms with van der Waals surface area (Å²) >= 11 is 0. The number of unbranched alkanes of at least 4 members (excludes halogenated alkanes) is 1. The average Bonchev–Trinajstić information content (AvgIpc) is 2.53. The number of carboxylic acid groups (broad SMARTS) is 2. The van der Waals surface area contributed by atoms with E-state index in [1.807, 2.05) is 6.92 Å². The molecular weight excluding hydrogens is 300 g/mol. The van der Waals surface area contributed by atoms with Crippen LogP contribution in [-0.2, 0) is 4.74 Å². The summed E-state index contributed by atoms with van der Waals surface area (Å²) in [5.41, 5.74) is -1.20. The van der Waals surface area contributed by atoms with Gasteiger partial charge in [-0.2, -0.15) is 0 Å². The topological polar surface area (TPSA) is 101 Å². The number of esters is 1. The van der Waals surface area contributed by atoms with Crippen LogP contribution in [0.15, 0.2) is 18.2 Å². The van der Waals surface area contributed by atoms with Crippen molar-refractivity contribution in [1.29, 1.82) is 0 Å². The van der Waals surface area contributed by atoms with Crippen molar-refractivity contribution < 1.29 is 29.3 Å². The molecule has 0 saturated heterocycles. The number of hydrogen-bond acceptors (Lipinski definition) is 4. The Morgan fingerprint density at radius 3 is 2.26 bits per heavy atom. The molecule has 0 saturated carbocycles. The summed E-state index contributed by atoms with van der Waals surface area (Å²) in [6.45, 7) is 4.28. The molecule has 0 aliphatic rings. The molecule has 126 valence electrons. The maximum absolute atomic E-state index is 12.2. The summed E-state index contributed by atoms with van der Waals surface area (Å²) in [5, 5.41) is 18.3. The number of hydrogen-bond donors (Lipinski definition) is 2. The zero-order valence-corrected chi connectivity index (χ0v) is 13.4. The largest absolute Gasteiger partial charge is 0.478 e. The summed E-state index contributed by atoms with van der Waals surface area (Å²) < 4.78 is 5.21. The molecule has 1 rings (SSSR count). The molecule has 1 atom stereocenters. The molecule has 0 aliphatic heterocycles. The average molecular weight is 322 g/mol. The van der Waals surface area contributed by atoms with Crippen LogP contribution in [0.4, 0.5) is 0 Å². The van der Waals surface area contributed by atoms with Crippen molar-refractivity contribution in [3.63, 3.8) is 0 Å². The standard InChI is InChI=1S/C17H22O6/c1-3-5-7-11(4-2)10-23-17(22)13-9-6-8-12(15(18)19)14(13)16(20)21/h6,8-9,11H,3-5,7,10H2,1-2H3,(H,18,19)(H,20,21). The number of carbonyl (C=O) groups excluding carboxylic acids is 1. The SMILES string of the molecule is CCCCC(CC)COC(=O)c1cccc(C(=O)O)c1C(=O)O. The van der Waals surface area contributed by atoms with E-state index in [1.54, 1.807) is 0 Å². The van der Waals surface area contributed by atoms with Crippen molar-refractivity contribution in [2.75, 3.05) is 6.61 Å². The fourth-order valence-electron chi connectivity index (χ4n) is 2.30. The molecule has 0 aromatic heterocycles. The van der Waals surface area contributed by atoms with Gasteiger partial charge < -0.3 is 14.9 Å². The van der Waals surface area contributed by atoms with Crippen LogP contribution in [0.25, 0.3) is 0 Å². The van der Waals surface area contributed by atoms with Gasteiger partial charge in [-0.1, -0.05) is 39.2 Å². The number of aromatic carboxylic acids is 2. The molecule has 0 fully saturated rings. The lowest BCUT2D eigenvalue weighted by Crippen LogP contribution is -2.19. The molecule has 6 heteroatoms. The minimum atomic E-state index is -1.46. The van der Waals surface area contributed by atoms with Gasteiger partial charge >= 0.3 is 17.9 Å². The number of benzene rings is 1. The lowest BCUT2D eigenvalue weighted by Gasteiger charge is -2.15. The van der Waals surface area contributed by atoms with E-state index in [0.717, 1.165) is 31.7 Å². The second-order valence-electron chi connectivity index (χ2n) is 5.35. The molecule has 0 heterocycles. The maximum atomic E-state index is 12.2. The minimum Gasteiger partial charge on any atom is -0.478 e. The molecule has 0 spiro atoms. The Bertz CT molecular complexity index is 578. The molecule has 23 heavy (non-hydrogen) atoms. The Kier molecular flexibility index (Phi) is 7.25. The normalized spacial score (nSPS) is 11.7. The van der Waals surface area contributed by atoms with E-state index in [0.29, 0.717) is 0 Å². The molecule has 6 nitrogen and oxygen atoms in total. The molecule has 0 amide bonds. The summed E-state index contributed by atoms with van der Waals surface area (Å²) in [7, 11) is 0. The van der Waals surface area contributed by atoms with Gasteiger partial charge in [-0.15, -0.1) is 0 Å². The van der Waals surface area contributed by atoms with Gasteiger partial charge in [-0.05, 0) is 24.5 Å². The number of ether oxygens (including phenoxy) is 1. The van der Waals surface area contributed by atoms with Gasteiger partial charge in [0.15, 0.2) is 0 Å². The molecule has 1 aromatic rings. The van der Waals surface area contributed by atoms with Crippen molar-refractivity contribution in [2.24, 2.45) is 5.92 Å². The predicted octanol–water partition coefficient (Wildman–Crippen LogP) is 3.46. The van der Waals surface area contributed by atoms with Crippen LogP contribution in [0.1, 0.15) is 70.6 Å². The second kappa shape index (κ2) is 8.92. The highest BCUT2D eigenvalue weighted by molar-refractivity contribution is 6.09. The van der Waals surface area contributed by atoms with E-state index >= 15 is 0 Å². The third-order valence-electron chi connectivity index (χ3n) is 3.72. The Balaban J connectivity index is 2.93. The first kappa shape index (κ1) is 18.7. The molecule has 0 aliphatic carbocycles. The fraction of sp³-hybridized carbons (Fsp3) is 0.471. The van der Waals surface area contributed by atoms with E-state index in [9.17, 15) is 19.5 Å². The predicted molar refractivity (Wildman–Crippen MR) is 83.9 cm³/mol. The van der Waals surface area contributed by atoms with Crippen LogP contribution in [-0.4, -0.2) is 34.7 Å². The van der Waals surface area contributed by atoms with Gasteiger partial charge in [0.25, 0.3) is 0 Å². The van der Waals surface area contributed by atoms with E-state index in [4.69, 9.17) is 9.84 Å². The molecule has 0 radical (unpaired) electrons. The summed E-state index contributed by atoms with van der Waals surface area (Å²) in [6.07, 6.45) is 3.87.